The van der Waals surface area contributed by atoms with Crippen LogP contribution in [0, 0.1) is 0 Å². The Morgan fingerprint density at radius 3 is 2.32 bits per heavy atom. The van der Waals surface area contributed by atoms with Crippen molar-refractivity contribution in [1.29, 1.82) is 0 Å². The van der Waals surface area contributed by atoms with Crippen LogP contribution in [-0.4, -0.2) is 43.7 Å². The highest BCUT2D eigenvalue weighted by molar-refractivity contribution is 5.96. The lowest BCUT2D eigenvalue weighted by Crippen LogP contribution is -2.36. The minimum Gasteiger partial charge on any atom is -0.507 e. The summed E-state index contributed by atoms with van der Waals surface area (Å²) in [6, 6.07) is 13.3. The van der Waals surface area contributed by atoms with Crippen LogP contribution in [0.2, 0.25) is 0 Å². The Bertz CT molecular complexity index is 733. The Morgan fingerprint density at radius 1 is 0.960 bits per heavy atom. The highest BCUT2D eigenvalue weighted by Gasteiger charge is 2.10. The largest absolute Gasteiger partial charge is 0.507 e. The number of nitrogens with one attached hydrogen (secondary N) is 2. The standard InChI is InChI=1S/C18H20N2O5/c1-24-15-8-4-5-9-16(15)25-12-17(22)19-10-11-20-18(23)13-6-2-3-7-14(13)21/h2-9,21H,10-12H2,1H3,(H,19,22)(H,20,23). The van der Waals surface area contributed by atoms with Gasteiger partial charge < -0.3 is 25.2 Å². The number of hydrogen-bond donors (Lipinski definition) is 3. The van der Waals surface area contributed by atoms with Crippen LogP contribution >= 0.6 is 0 Å². The van der Waals surface area contributed by atoms with Crippen molar-refractivity contribution in [3.05, 3.63) is 54.1 Å². The molecule has 25 heavy (non-hydrogen) atoms. The van der Waals surface area contributed by atoms with Gasteiger partial charge in [-0.2, -0.15) is 0 Å². The van der Waals surface area contributed by atoms with Gasteiger partial charge in [0.1, 0.15) is 5.75 Å². The van der Waals surface area contributed by atoms with Gasteiger partial charge in [0.15, 0.2) is 18.1 Å². The number of phenols is 1. The first-order valence-electron chi connectivity index (χ1n) is 7.70. The van der Waals surface area contributed by atoms with Gasteiger partial charge in [0.2, 0.25) is 0 Å². The fourth-order valence-electron chi connectivity index (χ4n) is 2.07. The molecule has 0 bridgehead atoms. The summed E-state index contributed by atoms with van der Waals surface area (Å²) in [4.78, 5) is 23.6. The molecule has 0 spiro atoms. The molecule has 0 fully saturated rings. The average Bonchev–Trinajstić information content (AvgIpc) is 2.64. The third kappa shape index (κ3) is 5.42. The minimum atomic E-state index is -0.405. The molecule has 0 heterocycles. The molecule has 0 aliphatic heterocycles. The van der Waals surface area contributed by atoms with E-state index in [-0.39, 0.29) is 36.9 Å². The number of carbonyl (C=O) groups is 2. The molecule has 3 N–H and O–H groups in total. The number of methoxy groups -OCH3 is 1. The second kappa shape index (κ2) is 9.17. The zero-order valence-electron chi connectivity index (χ0n) is 13.8. The molecular weight excluding hydrogens is 324 g/mol. The van der Waals surface area contributed by atoms with E-state index < -0.39 is 5.91 Å². The zero-order chi connectivity index (χ0) is 18.1. The Labute approximate surface area is 145 Å². The maximum atomic E-state index is 11.9. The van der Waals surface area contributed by atoms with Crippen molar-refractivity contribution in [2.75, 3.05) is 26.8 Å². The molecule has 0 saturated heterocycles. The van der Waals surface area contributed by atoms with Gasteiger partial charge in [-0.15, -0.1) is 0 Å². The highest BCUT2D eigenvalue weighted by Crippen LogP contribution is 2.25. The molecule has 0 atom stereocenters. The molecule has 0 unspecified atom stereocenters. The lowest BCUT2D eigenvalue weighted by atomic mass is 10.2. The van der Waals surface area contributed by atoms with Crippen LogP contribution in [-0.2, 0) is 4.79 Å². The lowest BCUT2D eigenvalue weighted by Gasteiger charge is -2.11. The molecule has 2 amide bonds. The fourth-order valence-corrected chi connectivity index (χ4v) is 2.07. The SMILES string of the molecule is COc1ccccc1OCC(=O)NCCNC(=O)c1ccccc1O. The summed E-state index contributed by atoms with van der Waals surface area (Å²) in [6.07, 6.45) is 0. The Balaban J connectivity index is 1.69. The summed E-state index contributed by atoms with van der Waals surface area (Å²) in [5.74, 6) is 0.216. The summed E-state index contributed by atoms with van der Waals surface area (Å²) in [5, 5.41) is 14.8. The third-order valence-corrected chi connectivity index (χ3v) is 3.31. The number of rotatable bonds is 8. The van der Waals surface area contributed by atoms with E-state index in [2.05, 4.69) is 10.6 Å². The van der Waals surface area contributed by atoms with Crippen LogP contribution in [0.15, 0.2) is 48.5 Å². The van der Waals surface area contributed by atoms with E-state index >= 15 is 0 Å². The van der Waals surface area contributed by atoms with E-state index in [0.717, 1.165) is 0 Å². The third-order valence-electron chi connectivity index (χ3n) is 3.31. The van der Waals surface area contributed by atoms with Crippen molar-refractivity contribution < 1.29 is 24.2 Å². The van der Waals surface area contributed by atoms with Crippen LogP contribution in [0.3, 0.4) is 0 Å². The van der Waals surface area contributed by atoms with Crippen molar-refractivity contribution in [1.82, 2.24) is 10.6 Å². The number of ether oxygens (including phenoxy) is 2. The van der Waals surface area contributed by atoms with Crippen molar-refractivity contribution in [2.24, 2.45) is 0 Å². The van der Waals surface area contributed by atoms with E-state index in [1.165, 1.54) is 19.2 Å². The second-order valence-electron chi connectivity index (χ2n) is 5.06. The smallest absolute Gasteiger partial charge is 0.258 e. The van der Waals surface area contributed by atoms with E-state index in [4.69, 9.17) is 9.47 Å². The molecule has 7 heteroatoms. The van der Waals surface area contributed by atoms with Crippen LogP contribution < -0.4 is 20.1 Å². The summed E-state index contributed by atoms with van der Waals surface area (Å²) in [7, 11) is 1.52. The Kier molecular flexibility index (Phi) is 6.65. The van der Waals surface area contributed by atoms with E-state index in [0.29, 0.717) is 11.5 Å². The first-order chi connectivity index (χ1) is 12.1. The van der Waals surface area contributed by atoms with Gasteiger partial charge >= 0.3 is 0 Å². The maximum absolute atomic E-state index is 11.9. The summed E-state index contributed by atoms with van der Waals surface area (Å²) in [5.41, 5.74) is 0.188. The monoisotopic (exact) mass is 344 g/mol. The molecule has 2 aromatic carbocycles. The predicted molar refractivity (Wildman–Crippen MR) is 91.9 cm³/mol. The fraction of sp³-hybridized carbons (Fsp3) is 0.222. The van der Waals surface area contributed by atoms with Gasteiger partial charge in [-0.05, 0) is 24.3 Å². The number of benzene rings is 2. The van der Waals surface area contributed by atoms with Gasteiger partial charge in [-0.25, -0.2) is 0 Å². The molecular formula is C18H20N2O5. The number of carbonyl (C=O) groups excluding carboxylic acids is 2. The number of amides is 2. The predicted octanol–water partition coefficient (Wildman–Crippen LogP) is 1.33. The van der Waals surface area contributed by atoms with Gasteiger partial charge in [0.25, 0.3) is 11.8 Å². The van der Waals surface area contributed by atoms with E-state index in [1.54, 1.807) is 36.4 Å². The first kappa shape index (κ1) is 18.1. The van der Waals surface area contributed by atoms with Gasteiger partial charge in [0.05, 0.1) is 12.7 Å². The van der Waals surface area contributed by atoms with Crippen LogP contribution in [0.25, 0.3) is 0 Å². The van der Waals surface area contributed by atoms with Gasteiger partial charge in [-0.1, -0.05) is 24.3 Å². The maximum Gasteiger partial charge on any atom is 0.258 e. The lowest BCUT2D eigenvalue weighted by molar-refractivity contribution is -0.123. The summed E-state index contributed by atoms with van der Waals surface area (Å²) < 4.78 is 10.5. The summed E-state index contributed by atoms with van der Waals surface area (Å²) in [6.45, 7) is 0.314. The van der Waals surface area contributed by atoms with Crippen molar-refractivity contribution in [2.45, 2.75) is 0 Å². The van der Waals surface area contributed by atoms with Crippen molar-refractivity contribution in [3.8, 4) is 17.2 Å². The number of hydrogen-bond acceptors (Lipinski definition) is 5. The molecule has 7 nitrogen and oxygen atoms in total. The van der Waals surface area contributed by atoms with E-state index in [1.807, 2.05) is 0 Å². The minimum absolute atomic E-state index is 0.0887. The molecule has 0 saturated carbocycles. The molecule has 0 aromatic heterocycles. The molecule has 2 aromatic rings. The van der Waals surface area contributed by atoms with Crippen LogP contribution in [0.4, 0.5) is 0 Å². The number of aromatic hydroxyl groups is 1. The van der Waals surface area contributed by atoms with Crippen LogP contribution in [0.1, 0.15) is 10.4 Å². The zero-order valence-corrected chi connectivity index (χ0v) is 13.8. The molecule has 0 aliphatic carbocycles. The quantitative estimate of drug-likeness (QED) is 0.628. The molecule has 132 valence electrons. The highest BCUT2D eigenvalue weighted by atomic mass is 16.5. The summed E-state index contributed by atoms with van der Waals surface area (Å²) >= 11 is 0. The second-order valence-corrected chi connectivity index (χ2v) is 5.06. The molecule has 0 aliphatic rings. The van der Waals surface area contributed by atoms with Crippen molar-refractivity contribution >= 4 is 11.8 Å². The number of phenolic OH excluding ortho intramolecular Hbond substituents is 1. The topological polar surface area (TPSA) is 96.9 Å². The van der Waals surface area contributed by atoms with Crippen LogP contribution in [0.5, 0.6) is 17.2 Å². The Morgan fingerprint density at radius 2 is 1.60 bits per heavy atom. The normalized spacial score (nSPS) is 9.96. The van der Waals surface area contributed by atoms with Crippen molar-refractivity contribution in [3.63, 3.8) is 0 Å². The first-order valence-corrected chi connectivity index (χ1v) is 7.70. The van der Waals surface area contributed by atoms with E-state index in [9.17, 15) is 14.7 Å². The molecule has 0 radical (unpaired) electrons. The van der Waals surface area contributed by atoms with Gasteiger partial charge in [0, 0.05) is 13.1 Å². The Hall–Kier alpha value is -3.22. The molecule has 2 rings (SSSR count). The average molecular weight is 344 g/mol. The van der Waals surface area contributed by atoms with Gasteiger partial charge in [-0.3, -0.25) is 9.59 Å². The number of para-hydroxylation sites is 3.